The molecule has 2 aromatic carbocycles. The van der Waals surface area contributed by atoms with Crippen molar-refractivity contribution in [2.45, 2.75) is 33.0 Å². The van der Waals surface area contributed by atoms with E-state index in [9.17, 15) is 0 Å². The summed E-state index contributed by atoms with van der Waals surface area (Å²) in [5.74, 6) is 1.54. The van der Waals surface area contributed by atoms with E-state index in [0.29, 0.717) is 12.6 Å². The lowest BCUT2D eigenvalue weighted by molar-refractivity contribution is 0.661. The molecule has 0 aliphatic carbocycles. The van der Waals surface area contributed by atoms with Gasteiger partial charge in [0.15, 0.2) is 0 Å². The van der Waals surface area contributed by atoms with Crippen molar-refractivity contribution < 1.29 is 0 Å². The maximum absolute atomic E-state index is 5.93. The molecular weight excluding hydrogens is 344 g/mol. The molecule has 0 unspecified atom stereocenters. The molecule has 26 heavy (non-hydrogen) atoms. The van der Waals surface area contributed by atoms with Crippen molar-refractivity contribution in [2.75, 3.05) is 10.2 Å². The van der Waals surface area contributed by atoms with E-state index in [2.05, 4.69) is 53.3 Å². The van der Waals surface area contributed by atoms with Crippen molar-refractivity contribution in [1.29, 1.82) is 0 Å². The lowest BCUT2D eigenvalue weighted by Crippen LogP contribution is -2.31. The lowest BCUT2D eigenvalue weighted by Gasteiger charge is -2.27. The average molecular weight is 367 g/mol. The highest BCUT2D eigenvalue weighted by Gasteiger charge is 2.14. The van der Waals surface area contributed by atoms with Crippen LogP contribution in [0.4, 0.5) is 11.8 Å². The standard InChI is InChI=1S/C21H23ClN4/c1-16(2)26(15-18-6-4-3-5-7-18)21-23-13-12-20(25-21)24-14-17-8-10-19(22)11-9-17/h3-13,16H,14-15H2,1-2H3,(H,23,24,25). The van der Waals surface area contributed by atoms with Crippen molar-refractivity contribution in [1.82, 2.24) is 9.97 Å². The largest absolute Gasteiger partial charge is 0.366 e. The predicted molar refractivity (Wildman–Crippen MR) is 109 cm³/mol. The molecule has 0 aliphatic heterocycles. The third-order valence-corrected chi connectivity index (χ3v) is 4.36. The van der Waals surface area contributed by atoms with Crippen LogP contribution in [0.2, 0.25) is 5.02 Å². The molecule has 0 bridgehead atoms. The molecule has 0 aliphatic rings. The van der Waals surface area contributed by atoms with Gasteiger partial charge in [0.05, 0.1) is 0 Å². The number of nitrogens with zero attached hydrogens (tertiary/aromatic N) is 3. The Balaban J connectivity index is 1.72. The highest BCUT2D eigenvalue weighted by molar-refractivity contribution is 6.30. The molecule has 0 radical (unpaired) electrons. The Morgan fingerprint density at radius 3 is 2.38 bits per heavy atom. The molecule has 3 aromatic rings. The second-order valence-corrected chi connectivity index (χ2v) is 6.87. The van der Waals surface area contributed by atoms with Gasteiger partial charge in [-0.2, -0.15) is 4.98 Å². The van der Waals surface area contributed by atoms with Crippen molar-refractivity contribution in [3.05, 3.63) is 83.0 Å². The molecule has 5 heteroatoms. The number of aromatic nitrogens is 2. The molecule has 0 saturated carbocycles. The van der Waals surface area contributed by atoms with Gasteiger partial charge in [-0.25, -0.2) is 4.98 Å². The molecule has 1 N–H and O–H groups in total. The van der Waals surface area contributed by atoms with Crippen LogP contribution >= 0.6 is 11.6 Å². The second-order valence-electron chi connectivity index (χ2n) is 6.43. The summed E-state index contributed by atoms with van der Waals surface area (Å²) in [4.78, 5) is 11.4. The molecule has 4 nitrogen and oxygen atoms in total. The van der Waals surface area contributed by atoms with E-state index >= 15 is 0 Å². The minimum absolute atomic E-state index is 0.293. The Kier molecular flexibility index (Phi) is 6.08. The first-order valence-electron chi connectivity index (χ1n) is 8.74. The van der Waals surface area contributed by atoms with Gasteiger partial charge in [-0.05, 0) is 43.2 Å². The summed E-state index contributed by atoms with van der Waals surface area (Å²) in [5, 5.41) is 4.10. The van der Waals surface area contributed by atoms with Crippen molar-refractivity contribution in [2.24, 2.45) is 0 Å². The van der Waals surface area contributed by atoms with Gasteiger partial charge in [0.25, 0.3) is 0 Å². The fourth-order valence-electron chi connectivity index (χ4n) is 2.64. The van der Waals surface area contributed by atoms with Crippen LogP contribution < -0.4 is 10.2 Å². The van der Waals surface area contributed by atoms with Crippen LogP contribution in [0.5, 0.6) is 0 Å². The Morgan fingerprint density at radius 1 is 0.962 bits per heavy atom. The Bertz CT molecular complexity index is 819. The SMILES string of the molecule is CC(C)N(Cc1ccccc1)c1nccc(NCc2ccc(Cl)cc2)n1. The normalized spacial score (nSPS) is 10.8. The molecule has 3 rings (SSSR count). The fourth-order valence-corrected chi connectivity index (χ4v) is 2.77. The van der Waals surface area contributed by atoms with Gasteiger partial charge >= 0.3 is 0 Å². The number of benzene rings is 2. The van der Waals surface area contributed by atoms with Crippen LogP contribution in [0.15, 0.2) is 66.9 Å². The Labute approximate surface area is 159 Å². The number of nitrogens with one attached hydrogen (secondary N) is 1. The van der Waals surface area contributed by atoms with Gasteiger partial charge in [-0.1, -0.05) is 54.1 Å². The van der Waals surface area contributed by atoms with Crippen LogP contribution in [0.3, 0.4) is 0 Å². The van der Waals surface area contributed by atoms with E-state index in [0.717, 1.165) is 28.9 Å². The van der Waals surface area contributed by atoms with Crippen molar-refractivity contribution >= 4 is 23.4 Å². The first kappa shape index (κ1) is 18.2. The summed E-state index contributed by atoms with van der Waals surface area (Å²) in [6.45, 7) is 5.77. The molecule has 1 aromatic heterocycles. The molecule has 0 spiro atoms. The number of anilines is 2. The topological polar surface area (TPSA) is 41.1 Å². The zero-order chi connectivity index (χ0) is 18.4. The van der Waals surface area contributed by atoms with Crippen LogP contribution in [-0.4, -0.2) is 16.0 Å². The molecule has 0 saturated heterocycles. The minimum Gasteiger partial charge on any atom is -0.366 e. The van der Waals surface area contributed by atoms with Gasteiger partial charge in [0.2, 0.25) is 5.95 Å². The van der Waals surface area contributed by atoms with Gasteiger partial charge in [-0.15, -0.1) is 0 Å². The molecular formula is C21H23ClN4. The minimum atomic E-state index is 0.293. The number of rotatable bonds is 7. The van der Waals surface area contributed by atoms with E-state index in [1.54, 1.807) is 6.20 Å². The average Bonchev–Trinajstić information content (AvgIpc) is 2.66. The molecule has 0 amide bonds. The van der Waals surface area contributed by atoms with Gasteiger partial charge in [0.1, 0.15) is 5.82 Å². The number of halogens is 1. The molecule has 0 atom stereocenters. The van der Waals surface area contributed by atoms with Gasteiger partial charge in [0, 0.05) is 30.4 Å². The van der Waals surface area contributed by atoms with Crippen LogP contribution in [0, 0.1) is 0 Å². The Hall–Kier alpha value is -2.59. The van der Waals surface area contributed by atoms with E-state index < -0.39 is 0 Å². The van der Waals surface area contributed by atoms with E-state index in [4.69, 9.17) is 16.6 Å². The maximum Gasteiger partial charge on any atom is 0.227 e. The summed E-state index contributed by atoms with van der Waals surface area (Å²) < 4.78 is 0. The first-order chi connectivity index (χ1) is 12.6. The zero-order valence-electron chi connectivity index (χ0n) is 15.1. The summed E-state index contributed by atoms with van der Waals surface area (Å²) in [6.07, 6.45) is 1.80. The fraction of sp³-hybridized carbons (Fsp3) is 0.238. The number of hydrogen-bond acceptors (Lipinski definition) is 4. The second kappa shape index (κ2) is 8.68. The van der Waals surface area contributed by atoms with E-state index in [-0.39, 0.29) is 0 Å². The van der Waals surface area contributed by atoms with Crippen LogP contribution in [-0.2, 0) is 13.1 Å². The first-order valence-corrected chi connectivity index (χ1v) is 9.11. The Morgan fingerprint density at radius 2 is 1.69 bits per heavy atom. The quantitative estimate of drug-likeness (QED) is 0.627. The zero-order valence-corrected chi connectivity index (χ0v) is 15.8. The summed E-state index contributed by atoms with van der Waals surface area (Å²) in [7, 11) is 0. The summed E-state index contributed by atoms with van der Waals surface area (Å²) >= 11 is 5.93. The van der Waals surface area contributed by atoms with Gasteiger partial charge in [-0.3, -0.25) is 0 Å². The highest BCUT2D eigenvalue weighted by atomic mass is 35.5. The lowest BCUT2D eigenvalue weighted by atomic mass is 10.2. The summed E-state index contributed by atoms with van der Waals surface area (Å²) in [5.41, 5.74) is 2.39. The molecule has 0 fully saturated rings. The van der Waals surface area contributed by atoms with Gasteiger partial charge < -0.3 is 10.2 Å². The number of hydrogen-bond donors (Lipinski definition) is 1. The van der Waals surface area contributed by atoms with Crippen molar-refractivity contribution in [3.8, 4) is 0 Å². The maximum atomic E-state index is 5.93. The van der Waals surface area contributed by atoms with E-state index in [1.807, 2.05) is 36.4 Å². The van der Waals surface area contributed by atoms with Crippen molar-refractivity contribution in [3.63, 3.8) is 0 Å². The summed E-state index contributed by atoms with van der Waals surface area (Å²) in [6, 6.07) is 20.4. The van der Waals surface area contributed by atoms with Crippen LogP contribution in [0.1, 0.15) is 25.0 Å². The monoisotopic (exact) mass is 366 g/mol. The smallest absolute Gasteiger partial charge is 0.227 e. The molecule has 1 heterocycles. The predicted octanol–water partition coefficient (Wildman–Crippen LogP) is 5.16. The molecule has 134 valence electrons. The van der Waals surface area contributed by atoms with E-state index in [1.165, 1.54) is 5.56 Å². The third-order valence-electron chi connectivity index (χ3n) is 4.11. The van der Waals surface area contributed by atoms with Crippen LogP contribution in [0.25, 0.3) is 0 Å². The third kappa shape index (κ3) is 4.96. The highest BCUT2D eigenvalue weighted by Crippen LogP contribution is 2.18.